The average Bonchev–Trinajstić information content (AvgIpc) is 2.89. The number of hydrogen-bond donors (Lipinski definition) is 4. The van der Waals surface area contributed by atoms with E-state index >= 15 is 0 Å². The Morgan fingerprint density at radius 2 is 1.66 bits per heavy atom. The van der Waals surface area contributed by atoms with E-state index in [-0.39, 0.29) is 18.9 Å². The lowest BCUT2D eigenvalue weighted by atomic mass is 10.0. The predicted octanol–water partition coefficient (Wildman–Crippen LogP) is 3.64. The Bertz CT molecular complexity index is 1100. The fourth-order valence-electron chi connectivity index (χ4n) is 3.60. The molecule has 0 saturated heterocycles. The molecule has 206 valence electrons. The summed E-state index contributed by atoms with van der Waals surface area (Å²) in [5, 5.41) is 10.6. The van der Waals surface area contributed by atoms with Crippen molar-refractivity contribution in [1.29, 1.82) is 0 Å². The van der Waals surface area contributed by atoms with Gasteiger partial charge in [0, 0.05) is 25.1 Å². The molecule has 0 bridgehead atoms. The second-order valence-electron chi connectivity index (χ2n) is 8.97. The number of carbonyl (C=O) groups is 4. The van der Waals surface area contributed by atoms with Gasteiger partial charge in [0.25, 0.3) is 5.91 Å². The first-order chi connectivity index (χ1) is 18.1. The van der Waals surface area contributed by atoms with Crippen LogP contribution in [0.1, 0.15) is 37.8 Å². The molecule has 38 heavy (non-hydrogen) atoms. The van der Waals surface area contributed by atoms with Crippen molar-refractivity contribution in [3.8, 4) is 5.75 Å². The highest BCUT2D eigenvalue weighted by Gasteiger charge is 2.26. The van der Waals surface area contributed by atoms with Gasteiger partial charge in [-0.25, -0.2) is 4.79 Å². The number of hydrogen-bond acceptors (Lipinski definition) is 6. The number of carbonyl (C=O) groups excluding carboxylic acids is 4. The van der Waals surface area contributed by atoms with Crippen LogP contribution in [-0.4, -0.2) is 48.4 Å². The fourth-order valence-corrected chi connectivity index (χ4v) is 4.42. The van der Waals surface area contributed by atoms with Gasteiger partial charge >= 0.3 is 6.03 Å². The number of rotatable bonds is 14. The van der Waals surface area contributed by atoms with Gasteiger partial charge in [0.05, 0.1) is 17.5 Å². The van der Waals surface area contributed by atoms with E-state index in [4.69, 9.17) is 16.3 Å². The molecule has 0 heterocycles. The van der Waals surface area contributed by atoms with Crippen LogP contribution in [0.4, 0.5) is 4.79 Å². The van der Waals surface area contributed by atoms with E-state index in [1.54, 1.807) is 24.5 Å². The lowest BCUT2D eigenvalue weighted by Gasteiger charge is -2.23. The van der Waals surface area contributed by atoms with E-state index < -0.39 is 35.0 Å². The van der Waals surface area contributed by atoms with Crippen LogP contribution in [0.25, 0.3) is 0 Å². The summed E-state index contributed by atoms with van der Waals surface area (Å²) in [6.07, 6.45) is 1.92. The molecule has 0 aliphatic rings. The summed E-state index contributed by atoms with van der Waals surface area (Å²) in [5.41, 5.74) is 1.56. The molecule has 9 nitrogen and oxygen atoms in total. The molecule has 0 aliphatic heterocycles. The quantitative estimate of drug-likeness (QED) is 0.206. The van der Waals surface area contributed by atoms with Crippen molar-refractivity contribution < 1.29 is 23.9 Å². The summed E-state index contributed by atoms with van der Waals surface area (Å²) < 4.78 is 5.26. The number of Topliss-reactive ketones (excluding diaryl/α,β-unsaturated/α-hetero) is 1. The second kappa shape index (κ2) is 15.9. The standard InChI is InChI=1S/C27H35ClN4O5S/c1-17(2)13-21(31-27(36)30-15-18-9-6-5-7-10-18)25(34)32-23(38-4)14-22(33)26(35)29-16-19-11-8-12-20(28)24(19)37-3/h5-12,17,21,23H,13-16H2,1-4H3,(H,29,35)(H,32,34)(H2,30,31,36)/t21-,23?/m0/s1. The van der Waals surface area contributed by atoms with Crippen molar-refractivity contribution in [2.24, 2.45) is 5.92 Å². The Balaban J connectivity index is 1.91. The van der Waals surface area contributed by atoms with E-state index in [1.807, 2.05) is 44.2 Å². The van der Waals surface area contributed by atoms with E-state index in [2.05, 4.69) is 21.3 Å². The lowest BCUT2D eigenvalue weighted by molar-refractivity contribution is -0.138. The van der Waals surface area contributed by atoms with E-state index in [0.29, 0.717) is 29.3 Å². The Kier molecular flexibility index (Phi) is 12.9. The topological polar surface area (TPSA) is 126 Å². The summed E-state index contributed by atoms with van der Waals surface area (Å²) in [6, 6.07) is 13.3. The Hall–Kier alpha value is -3.24. The minimum absolute atomic E-state index is 0.0586. The van der Waals surface area contributed by atoms with Crippen LogP contribution >= 0.6 is 23.4 Å². The first-order valence-corrected chi connectivity index (χ1v) is 13.8. The monoisotopic (exact) mass is 562 g/mol. The third kappa shape index (κ3) is 10.3. The van der Waals surface area contributed by atoms with Gasteiger partial charge in [0.1, 0.15) is 11.8 Å². The van der Waals surface area contributed by atoms with Crippen molar-refractivity contribution in [3.63, 3.8) is 0 Å². The average molecular weight is 563 g/mol. The molecule has 2 rings (SSSR count). The smallest absolute Gasteiger partial charge is 0.315 e. The molecule has 2 aromatic carbocycles. The minimum atomic E-state index is -0.806. The molecule has 0 spiro atoms. The van der Waals surface area contributed by atoms with Crippen molar-refractivity contribution >= 4 is 47.0 Å². The third-order valence-corrected chi connectivity index (χ3v) is 6.68. The molecule has 1 unspecified atom stereocenters. The van der Waals surface area contributed by atoms with E-state index in [9.17, 15) is 19.2 Å². The van der Waals surface area contributed by atoms with Crippen molar-refractivity contribution in [3.05, 3.63) is 64.7 Å². The van der Waals surface area contributed by atoms with Gasteiger partial charge in [-0.05, 0) is 30.2 Å². The number of halogens is 1. The van der Waals surface area contributed by atoms with Crippen LogP contribution in [0.15, 0.2) is 48.5 Å². The summed E-state index contributed by atoms with van der Waals surface area (Å²) >= 11 is 7.33. The molecule has 4 N–H and O–H groups in total. The highest BCUT2D eigenvalue weighted by molar-refractivity contribution is 7.99. The first-order valence-electron chi connectivity index (χ1n) is 12.2. The molecule has 0 saturated carbocycles. The number of para-hydroxylation sites is 1. The molecular formula is C27H35ClN4O5S. The fraction of sp³-hybridized carbons (Fsp3) is 0.407. The van der Waals surface area contributed by atoms with E-state index in [1.165, 1.54) is 18.9 Å². The van der Waals surface area contributed by atoms with E-state index in [0.717, 1.165) is 5.56 Å². The van der Waals surface area contributed by atoms with Crippen LogP contribution in [0, 0.1) is 5.92 Å². The SMILES string of the molecule is COc1c(Cl)cccc1CNC(=O)C(=O)CC(NC(=O)[C@H](CC(C)C)NC(=O)NCc1ccccc1)SC. The van der Waals surface area contributed by atoms with Crippen LogP contribution in [0.3, 0.4) is 0 Å². The zero-order chi connectivity index (χ0) is 28.1. The lowest BCUT2D eigenvalue weighted by Crippen LogP contribution is -2.52. The van der Waals surface area contributed by atoms with Crippen molar-refractivity contribution in [2.75, 3.05) is 13.4 Å². The minimum Gasteiger partial charge on any atom is -0.495 e. The van der Waals surface area contributed by atoms with Gasteiger partial charge in [-0.2, -0.15) is 0 Å². The summed E-state index contributed by atoms with van der Waals surface area (Å²) in [6.45, 7) is 4.27. The van der Waals surface area contributed by atoms with Crippen LogP contribution in [0.2, 0.25) is 5.02 Å². The second-order valence-corrected chi connectivity index (χ2v) is 10.4. The summed E-state index contributed by atoms with van der Waals surface area (Å²) in [4.78, 5) is 50.5. The van der Waals surface area contributed by atoms with Crippen LogP contribution in [0.5, 0.6) is 5.75 Å². The number of methoxy groups -OCH3 is 1. The number of urea groups is 1. The van der Waals surface area contributed by atoms with Gasteiger partial charge in [-0.1, -0.05) is 67.9 Å². The molecule has 0 radical (unpaired) electrons. The molecule has 0 aromatic heterocycles. The molecular weight excluding hydrogens is 528 g/mol. The number of amides is 4. The van der Waals surface area contributed by atoms with Gasteiger partial charge < -0.3 is 26.0 Å². The maximum absolute atomic E-state index is 13.0. The zero-order valence-corrected chi connectivity index (χ0v) is 23.6. The van der Waals surface area contributed by atoms with Gasteiger partial charge in [-0.15, -0.1) is 11.8 Å². The maximum atomic E-state index is 13.0. The third-order valence-electron chi connectivity index (χ3n) is 5.53. The van der Waals surface area contributed by atoms with Crippen LogP contribution in [-0.2, 0) is 27.5 Å². The number of thioether (sulfide) groups is 1. The van der Waals surface area contributed by atoms with Crippen molar-refractivity contribution in [1.82, 2.24) is 21.3 Å². The molecule has 0 aliphatic carbocycles. The van der Waals surface area contributed by atoms with Gasteiger partial charge in [0.15, 0.2) is 0 Å². The highest BCUT2D eigenvalue weighted by Crippen LogP contribution is 2.28. The van der Waals surface area contributed by atoms with Gasteiger partial charge in [0.2, 0.25) is 11.7 Å². The van der Waals surface area contributed by atoms with Gasteiger partial charge in [-0.3, -0.25) is 14.4 Å². The first kappa shape index (κ1) is 31.0. The summed E-state index contributed by atoms with van der Waals surface area (Å²) in [7, 11) is 1.47. The normalized spacial score (nSPS) is 12.3. The largest absolute Gasteiger partial charge is 0.495 e. The number of benzene rings is 2. The number of nitrogens with one attached hydrogen (secondary N) is 4. The number of ketones is 1. The molecule has 0 fully saturated rings. The summed E-state index contributed by atoms with van der Waals surface area (Å²) in [5.74, 6) is -1.33. The molecule has 11 heteroatoms. The maximum Gasteiger partial charge on any atom is 0.315 e. The Morgan fingerprint density at radius 1 is 0.947 bits per heavy atom. The predicted molar refractivity (Wildman–Crippen MR) is 150 cm³/mol. The van der Waals surface area contributed by atoms with Crippen molar-refractivity contribution in [2.45, 2.75) is 51.2 Å². The zero-order valence-electron chi connectivity index (χ0n) is 22.0. The highest BCUT2D eigenvalue weighted by atomic mass is 35.5. The molecule has 2 aromatic rings. The Labute approximate surface area is 232 Å². The Morgan fingerprint density at radius 3 is 2.29 bits per heavy atom. The number of ether oxygens (including phenoxy) is 1. The molecule has 4 amide bonds. The molecule has 2 atom stereocenters. The van der Waals surface area contributed by atoms with Crippen LogP contribution < -0.4 is 26.0 Å².